The Balaban J connectivity index is 2.62. The molecule has 0 fully saturated rings. The molecule has 0 amide bonds. The van der Waals surface area contributed by atoms with Crippen LogP contribution in [0.4, 0.5) is 0 Å². The number of aryl methyl sites for hydroxylation is 2. The first-order chi connectivity index (χ1) is 5.24. The van der Waals surface area contributed by atoms with Crippen LogP contribution in [0.5, 0.6) is 0 Å². The summed E-state index contributed by atoms with van der Waals surface area (Å²) in [4.78, 5) is 4.13. The van der Waals surface area contributed by atoms with Gasteiger partial charge in [-0.2, -0.15) is 5.10 Å². The molecule has 0 N–H and O–H groups in total. The van der Waals surface area contributed by atoms with Gasteiger partial charge in [0.2, 0.25) is 0 Å². The molecule has 0 saturated heterocycles. The van der Waals surface area contributed by atoms with E-state index in [0.717, 1.165) is 11.6 Å². The summed E-state index contributed by atoms with van der Waals surface area (Å²) in [5, 5.41) is 4.12. The summed E-state index contributed by atoms with van der Waals surface area (Å²) in [5.41, 5.74) is 0. The van der Waals surface area contributed by atoms with Crippen LogP contribution in [-0.4, -0.2) is 21.1 Å². The van der Waals surface area contributed by atoms with Crippen molar-refractivity contribution in [2.45, 2.75) is 20.6 Å². The van der Waals surface area contributed by atoms with Crippen LogP contribution in [0.15, 0.2) is 0 Å². The Labute approximate surface area is 68.2 Å². The molecule has 1 heterocycles. The number of nitrogens with zero attached hydrogens (tertiary/aromatic N) is 3. The minimum atomic E-state index is 0.482. The topological polar surface area (TPSA) is 39.9 Å². The average Bonchev–Trinajstić information content (AvgIpc) is 2.26. The summed E-state index contributed by atoms with van der Waals surface area (Å²) in [6.07, 6.45) is 0.623. The molecule has 62 valence electrons. The zero-order valence-corrected chi connectivity index (χ0v) is 7.90. The van der Waals surface area contributed by atoms with E-state index in [0.29, 0.717) is 13.1 Å². The summed E-state index contributed by atoms with van der Waals surface area (Å²) >= 11 is 0. The molecule has 0 radical (unpaired) electrons. The van der Waals surface area contributed by atoms with Crippen LogP contribution in [0, 0.1) is 13.8 Å². The van der Waals surface area contributed by atoms with E-state index in [9.17, 15) is 0 Å². The first-order valence-electron chi connectivity index (χ1n) is 3.40. The highest BCUT2D eigenvalue weighted by molar-refractivity contribution is 7.16. The predicted octanol–water partition coefficient (Wildman–Crippen LogP) is 0.702. The van der Waals surface area contributed by atoms with Gasteiger partial charge in [-0.1, -0.05) is 0 Å². The highest BCUT2D eigenvalue weighted by Crippen LogP contribution is 1.96. The van der Waals surface area contributed by atoms with Crippen LogP contribution in [0.2, 0.25) is 0 Å². The molecule has 11 heavy (non-hydrogen) atoms. The summed E-state index contributed by atoms with van der Waals surface area (Å²) in [6.45, 7) is 4.26. The van der Waals surface area contributed by atoms with Crippen molar-refractivity contribution in [3.63, 3.8) is 0 Å². The van der Waals surface area contributed by atoms with Gasteiger partial charge in [-0.05, 0) is 13.8 Å². The van der Waals surface area contributed by atoms with E-state index < -0.39 is 0 Å². The molecular weight excluding hydrogens is 161 g/mol. The normalized spacial score (nSPS) is 10.5. The van der Waals surface area contributed by atoms with Crippen LogP contribution < -0.4 is 0 Å². The molecule has 4 nitrogen and oxygen atoms in total. The molecule has 0 aliphatic carbocycles. The van der Waals surface area contributed by atoms with Gasteiger partial charge in [-0.25, -0.2) is 9.67 Å². The maximum absolute atomic E-state index is 5.14. The Morgan fingerprint density at radius 2 is 2.27 bits per heavy atom. The van der Waals surface area contributed by atoms with Gasteiger partial charge in [-0.3, -0.25) is 0 Å². The molecule has 0 aliphatic heterocycles. The molecule has 0 aromatic carbocycles. The highest BCUT2D eigenvalue weighted by Gasteiger charge is 1.99. The lowest BCUT2D eigenvalue weighted by atomic mass is 10.7. The fourth-order valence-corrected chi connectivity index (χ4v) is 0.928. The molecule has 1 aromatic heterocycles. The first-order valence-corrected chi connectivity index (χ1v) is 4.21. The Hall–Kier alpha value is -0.470. The fourth-order valence-electron chi connectivity index (χ4n) is 0.823. The summed E-state index contributed by atoms with van der Waals surface area (Å²) < 4.78 is 6.87. The standard InChI is InChI=1S/C6H12N3OP/c1-5-7-6(2)9(8-5)3-10-4-11/h3-4,11H2,1-2H3. The third-order valence-corrected chi connectivity index (χ3v) is 1.53. The Morgan fingerprint density at radius 1 is 1.55 bits per heavy atom. The summed E-state index contributed by atoms with van der Waals surface area (Å²) in [6, 6.07) is 0. The predicted molar refractivity (Wildman–Crippen MR) is 45.2 cm³/mol. The van der Waals surface area contributed by atoms with E-state index in [1.807, 2.05) is 13.8 Å². The maximum Gasteiger partial charge on any atom is 0.147 e. The van der Waals surface area contributed by atoms with Crippen molar-refractivity contribution in [3.8, 4) is 0 Å². The molecule has 0 aliphatic rings. The van der Waals surface area contributed by atoms with E-state index >= 15 is 0 Å². The third-order valence-electron chi connectivity index (χ3n) is 1.29. The van der Waals surface area contributed by atoms with E-state index in [-0.39, 0.29) is 0 Å². The average molecular weight is 173 g/mol. The largest absolute Gasteiger partial charge is 0.355 e. The second-order valence-corrected chi connectivity index (χ2v) is 2.54. The molecule has 1 atom stereocenters. The molecule has 0 saturated carbocycles. The minimum Gasteiger partial charge on any atom is -0.355 e. The van der Waals surface area contributed by atoms with E-state index in [1.165, 1.54) is 0 Å². The molecule has 1 unspecified atom stereocenters. The van der Waals surface area contributed by atoms with Crippen LogP contribution in [0.3, 0.4) is 0 Å². The SMILES string of the molecule is Cc1nc(C)n(COCP)n1. The monoisotopic (exact) mass is 173 g/mol. The molecule has 5 heteroatoms. The van der Waals surface area contributed by atoms with Crippen molar-refractivity contribution in [1.29, 1.82) is 0 Å². The van der Waals surface area contributed by atoms with Crippen molar-refractivity contribution < 1.29 is 4.74 Å². The second kappa shape index (κ2) is 3.79. The van der Waals surface area contributed by atoms with Gasteiger partial charge in [0.25, 0.3) is 0 Å². The second-order valence-electron chi connectivity index (χ2n) is 2.21. The zero-order chi connectivity index (χ0) is 8.27. The first kappa shape index (κ1) is 8.62. The maximum atomic E-state index is 5.14. The molecule has 0 bridgehead atoms. The number of hydrogen-bond acceptors (Lipinski definition) is 3. The summed E-state index contributed by atoms with van der Waals surface area (Å²) in [5.74, 6) is 1.68. The van der Waals surface area contributed by atoms with Gasteiger partial charge in [-0.15, -0.1) is 9.24 Å². The summed E-state index contributed by atoms with van der Waals surface area (Å²) in [7, 11) is 2.49. The van der Waals surface area contributed by atoms with Gasteiger partial charge in [0.05, 0.1) is 6.35 Å². The number of ether oxygens (including phenoxy) is 1. The van der Waals surface area contributed by atoms with Gasteiger partial charge < -0.3 is 4.74 Å². The highest BCUT2D eigenvalue weighted by atomic mass is 31.0. The Bertz CT molecular complexity index is 236. The third kappa shape index (κ3) is 2.24. The van der Waals surface area contributed by atoms with Crippen molar-refractivity contribution in [2.24, 2.45) is 0 Å². The smallest absolute Gasteiger partial charge is 0.147 e. The lowest BCUT2D eigenvalue weighted by Gasteiger charge is -2.00. The molecule has 0 spiro atoms. The van der Waals surface area contributed by atoms with Crippen LogP contribution in [0.1, 0.15) is 11.6 Å². The number of aromatic nitrogens is 3. The van der Waals surface area contributed by atoms with Crippen LogP contribution in [0.25, 0.3) is 0 Å². The van der Waals surface area contributed by atoms with Crippen LogP contribution >= 0.6 is 9.24 Å². The number of rotatable bonds is 3. The zero-order valence-electron chi connectivity index (χ0n) is 6.74. The van der Waals surface area contributed by atoms with E-state index in [4.69, 9.17) is 4.74 Å². The Kier molecular flexibility index (Phi) is 2.97. The number of hydrogen-bond donors (Lipinski definition) is 0. The van der Waals surface area contributed by atoms with E-state index in [2.05, 4.69) is 19.3 Å². The molecular formula is C6H12N3OP. The van der Waals surface area contributed by atoms with Crippen molar-refractivity contribution >= 4 is 9.24 Å². The lowest BCUT2D eigenvalue weighted by Crippen LogP contribution is -2.05. The van der Waals surface area contributed by atoms with Crippen LogP contribution in [-0.2, 0) is 11.5 Å². The van der Waals surface area contributed by atoms with Gasteiger partial charge >= 0.3 is 0 Å². The lowest BCUT2D eigenvalue weighted by molar-refractivity contribution is 0.105. The van der Waals surface area contributed by atoms with Gasteiger partial charge in [0.1, 0.15) is 18.4 Å². The van der Waals surface area contributed by atoms with Gasteiger partial charge in [0, 0.05) is 0 Å². The molecule has 1 aromatic rings. The van der Waals surface area contributed by atoms with Crippen molar-refractivity contribution in [3.05, 3.63) is 11.6 Å². The van der Waals surface area contributed by atoms with Crippen molar-refractivity contribution in [1.82, 2.24) is 14.8 Å². The Morgan fingerprint density at radius 3 is 2.73 bits per heavy atom. The minimum absolute atomic E-state index is 0.482. The molecule has 1 rings (SSSR count). The van der Waals surface area contributed by atoms with Gasteiger partial charge in [0.15, 0.2) is 0 Å². The van der Waals surface area contributed by atoms with E-state index in [1.54, 1.807) is 4.68 Å². The quantitative estimate of drug-likeness (QED) is 0.632. The fraction of sp³-hybridized carbons (Fsp3) is 0.667. The van der Waals surface area contributed by atoms with Crippen molar-refractivity contribution in [2.75, 3.05) is 6.35 Å².